The number of carbonyl (C=O) groups excluding carboxylic acids is 1. The molecule has 12 heteroatoms. The molecule has 6 rings (SSSR count). The molecule has 0 unspecified atom stereocenters. The fourth-order valence-electron chi connectivity index (χ4n) is 4.52. The molecule has 5 aromatic rings. The van der Waals surface area contributed by atoms with Gasteiger partial charge in [0, 0.05) is 39.4 Å². The van der Waals surface area contributed by atoms with E-state index in [1.165, 1.54) is 0 Å². The molecule has 4 heterocycles. The quantitative estimate of drug-likeness (QED) is 0.252. The first-order chi connectivity index (χ1) is 19.5. The molecule has 3 N–H and O–H groups in total. The predicted molar refractivity (Wildman–Crippen MR) is 149 cm³/mol. The first-order valence-corrected chi connectivity index (χ1v) is 12.8. The van der Waals surface area contributed by atoms with Crippen molar-refractivity contribution in [2.24, 2.45) is 12.8 Å². The summed E-state index contributed by atoms with van der Waals surface area (Å²) < 4.78 is 18.4. The van der Waals surface area contributed by atoms with Gasteiger partial charge in [-0.25, -0.2) is 9.97 Å². The van der Waals surface area contributed by atoms with Gasteiger partial charge < -0.3 is 29.8 Å². The fourth-order valence-corrected chi connectivity index (χ4v) is 4.52. The summed E-state index contributed by atoms with van der Waals surface area (Å²) in [5.41, 5.74) is 10.6. The monoisotopic (exact) mass is 540 g/mol. The molecule has 3 aromatic heterocycles. The number of fused-ring (bicyclic) bond motifs is 1. The van der Waals surface area contributed by atoms with E-state index in [2.05, 4.69) is 25.4 Å². The topological polar surface area (TPSA) is 146 Å². The third kappa shape index (κ3) is 5.16. The average molecular weight is 541 g/mol. The summed E-state index contributed by atoms with van der Waals surface area (Å²) in [5.74, 6) is 0.500. The van der Waals surface area contributed by atoms with Crippen molar-refractivity contribution < 1.29 is 18.7 Å². The second kappa shape index (κ2) is 10.7. The Labute approximate surface area is 229 Å². The highest BCUT2D eigenvalue weighted by atomic mass is 16.5. The number of methoxy groups -OCH3 is 1. The van der Waals surface area contributed by atoms with Crippen LogP contribution in [0.3, 0.4) is 0 Å². The normalized spacial score (nSPS) is 13.4. The summed E-state index contributed by atoms with van der Waals surface area (Å²) in [5, 5.41) is 7.16. The van der Waals surface area contributed by atoms with Crippen molar-refractivity contribution in [1.82, 2.24) is 24.7 Å². The van der Waals surface area contributed by atoms with E-state index >= 15 is 0 Å². The molecule has 204 valence electrons. The molecule has 0 radical (unpaired) electrons. The molecule has 1 amide bonds. The summed E-state index contributed by atoms with van der Waals surface area (Å²) in [6, 6.07) is 14.4. The van der Waals surface area contributed by atoms with E-state index in [0.29, 0.717) is 55.1 Å². The lowest BCUT2D eigenvalue weighted by Crippen LogP contribution is -2.45. The fraction of sp³-hybridized carbons (Fsp3) is 0.250. The number of hydrogen-bond donors (Lipinski definition) is 2. The number of aromatic nitrogens is 5. The minimum Gasteiger partial charge on any atom is -0.491 e. The van der Waals surface area contributed by atoms with Crippen LogP contribution in [0.1, 0.15) is 22.1 Å². The standard InChI is InChI=1S/C28H28N8O4/c1-35-16-20(12-31-35)32-27-25(26(29)37)33-23(13-30-27)19-14-36(15-19)28-34-22-8-5-18(11-24(22)40-28)17-3-6-21(7-4-17)39-10-9-38-2/h3-8,11-13,16,19H,9-10,14-15H2,1-2H3,(H2,29,37)(H,30,32). The first kappa shape index (κ1) is 25.3. The Hall–Kier alpha value is -4.97. The number of rotatable bonds is 10. The molecule has 0 saturated carbocycles. The maximum atomic E-state index is 12.1. The SMILES string of the molecule is COCCOc1ccc(-c2ccc3nc(N4CC(c5cnc(Nc6cnn(C)c6)c(C(N)=O)n5)C4)oc3c2)cc1. The van der Waals surface area contributed by atoms with Crippen LogP contribution >= 0.6 is 0 Å². The highest BCUT2D eigenvalue weighted by Crippen LogP contribution is 2.34. The van der Waals surface area contributed by atoms with Gasteiger partial charge in [-0.3, -0.25) is 9.48 Å². The Morgan fingerprint density at radius 1 is 1.10 bits per heavy atom. The number of ether oxygens (including phenoxy) is 2. The highest BCUT2D eigenvalue weighted by molar-refractivity contribution is 5.96. The van der Waals surface area contributed by atoms with Crippen molar-refractivity contribution in [1.29, 1.82) is 0 Å². The van der Waals surface area contributed by atoms with Gasteiger partial charge in [-0.2, -0.15) is 10.1 Å². The summed E-state index contributed by atoms with van der Waals surface area (Å²) in [6.45, 7) is 2.31. The van der Waals surface area contributed by atoms with Gasteiger partial charge in [0.1, 0.15) is 17.9 Å². The minimum atomic E-state index is -0.653. The molecule has 1 saturated heterocycles. The number of aryl methyl sites for hydroxylation is 1. The van der Waals surface area contributed by atoms with Crippen molar-refractivity contribution in [3.8, 4) is 16.9 Å². The molecule has 1 fully saturated rings. The van der Waals surface area contributed by atoms with Crippen LogP contribution in [0.4, 0.5) is 17.5 Å². The van der Waals surface area contributed by atoms with Crippen molar-refractivity contribution >= 4 is 34.5 Å². The predicted octanol–water partition coefficient (Wildman–Crippen LogP) is 3.49. The van der Waals surface area contributed by atoms with Crippen LogP contribution in [0.25, 0.3) is 22.2 Å². The van der Waals surface area contributed by atoms with E-state index in [4.69, 9.17) is 19.6 Å². The Kier molecular flexibility index (Phi) is 6.74. The lowest BCUT2D eigenvalue weighted by Gasteiger charge is -2.37. The number of hydrogen-bond acceptors (Lipinski definition) is 10. The molecule has 0 aliphatic carbocycles. The number of nitrogens with zero attached hydrogens (tertiary/aromatic N) is 6. The van der Waals surface area contributed by atoms with Crippen LogP contribution in [-0.4, -0.2) is 64.1 Å². The Bertz CT molecular complexity index is 1660. The third-order valence-electron chi connectivity index (χ3n) is 6.68. The molecule has 2 aromatic carbocycles. The second-order valence-electron chi connectivity index (χ2n) is 9.53. The first-order valence-electron chi connectivity index (χ1n) is 12.8. The maximum Gasteiger partial charge on any atom is 0.298 e. The zero-order valence-electron chi connectivity index (χ0n) is 22.1. The van der Waals surface area contributed by atoms with Gasteiger partial charge in [-0.15, -0.1) is 0 Å². The van der Waals surface area contributed by atoms with E-state index in [9.17, 15) is 4.79 Å². The Morgan fingerprint density at radius 3 is 2.62 bits per heavy atom. The molecule has 0 atom stereocenters. The second-order valence-corrected chi connectivity index (χ2v) is 9.53. The molecule has 0 bridgehead atoms. The number of primary amides is 1. The van der Waals surface area contributed by atoms with Crippen molar-refractivity contribution in [3.05, 3.63) is 72.4 Å². The lowest BCUT2D eigenvalue weighted by atomic mass is 9.97. The number of oxazole rings is 1. The molecule has 12 nitrogen and oxygen atoms in total. The number of nitrogens with two attached hydrogens (primary N) is 1. The summed E-state index contributed by atoms with van der Waals surface area (Å²) in [7, 11) is 3.45. The number of amides is 1. The van der Waals surface area contributed by atoms with Crippen LogP contribution in [0.2, 0.25) is 0 Å². The lowest BCUT2D eigenvalue weighted by molar-refractivity contribution is 0.0995. The van der Waals surface area contributed by atoms with Gasteiger partial charge in [-0.05, 0) is 35.4 Å². The minimum absolute atomic E-state index is 0.0632. The number of anilines is 3. The average Bonchev–Trinajstić information content (AvgIpc) is 3.54. The largest absolute Gasteiger partial charge is 0.491 e. The third-order valence-corrected chi connectivity index (χ3v) is 6.68. The van der Waals surface area contributed by atoms with Gasteiger partial charge in [0.25, 0.3) is 11.9 Å². The van der Waals surface area contributed by atoms with Gasteiger partial charge in [0.15, 0.2) is 17.1 Å². The van der Waals surface area contributed by atoms with Crippen LogP contribution < -0.4 is 20.7 Å². The molecular formula is C28H28N8O4. The Morgan fingerprint density at radius 2 is 1.90 bits per heavy atom. The van der Waals surface area contributed by atoms with E-state index in [1.54, 1.807) is 37.4 Å². The molecule has 1 aliphatic heterocycles. The summed E-state index contributed by atoms with van der Waals surface area (Å²) in [6.07, 6.45) is 5.06. The van der Waals surface area contributed by atoms with Crippen LogP contribution in [0.5, 0.6) is 5.75 Å². The zero-order valence-corrected chi connectivity index (χ0v) is 22.1. The van der Waals surface area contributed by atoms with Gasteiger partial charge in [0.2, 0.25) is 0 Å². The van der Waals surface area contributed by atoms with Crippen molar-refractivity contribution in [2.75, 3.05) is 43.6 Å². The van der Waals surface area contributed by atoms with E-state index in [-0.39, 0.29) is 11.6 Å². The molecule has 40 heavy (non-hydrogen) atoms. The molecule has 1 aliphatic rings. The van der Waals surface area contributed by atoms with Crippen molar-refractivity contribution in [3.63, 3.8) is 0 Å². The van der Waals surface area contributed by atoms with E-state index < -0.39 is 5.91 Å². The van der Waals surface area contributed by atoms with Crippen LogP contribution in [0.15, 0.2) is 65.5 Å². The smallest absolute Gasteiger partial charge is 0.298 e. The van der Waals surface area contributed by atoms with Crippen LogP contribution in [-0.2, 0) is 11.8 Å². The maximum absolute atomic E-state index is 12.1. The van der Waals surface area contributed by atoms with E-state index in [0.717, 1.165) is 22.4 Å². The molecular weight excluding hydrogens is 512 g/mol. The molecule has 0 spiro atoms. The van der Waals surface area contributed by atoms with E-state index in [1.807, 2.05) is 47.4 Å². The van der Waals surface area contributed by atoms with Crippen molar-refractivity contribution in [2.45, 2.75) is 5.92 Å². The van der Waals surface area contributed by atoms with Crippen LogP contribution in [0, 0.1) is 0 Å². The summed E-state index contributed by atoms with van der Waals surface area (Å²) in [4.78, 5) is 27.7. The van der Waals surface area contributed by atoms with Gasteiger partial charge in [0.05, 0.1) is 30.4 Å². The Balaban J connectivity index is 1.13. The number of carbonyl (C=O) groups is 1. The number of benzene rings is 2. The highest BCUT2D eigenvalue weighted by Gasteiger charge is 2.33. The van der Waals surface area contributed by atoms with Gasteiger partial charge >= 0.3 is 0 Å². The zero-order chi connectivity index (χ0) is 27.6. The van der Waals surface area contributed by atoms with Gasteiger partial charge in [-0.1, -0.05) is 18.2 Å². The number of nitrogens with one attached hydrogen (secondary N) is 1. The summed E-state index contributed by atoms with van der Waals surface area (Å²) >= 11 is 0.